The Bertz CT molecular complexity index is 360. The van der Waals surface area contributed by atoms with Gasteiger partial charge in [-0.05, 0) is 70.9 Å². The number of hydrogen-bond donors (Lipinski definition) is 1. The number of rotatable bonds is 4. The van der Waals surface area contributed by atoms with E-state index in [4.69, 9.17) is 0 Å². The molecule has 1 amide bonds. The predicted molar refractivity (Wildman–Crippen MR) is 81.5 cm³/mol. The lowest BCUT2D eigenvalue weighted by Gasteiger charge is -2.41. The summed E-state index contributed by atoms with van der Waals surface area (Å²) >= 11 is 0. The Morgan fingerprint density at radius 2 is 1.90 bits per heavy atom. The second-order valence-electron chi connectivity index (χ2n) is 7.86. The topological polar surface area (TPSA) is 32.3 Å². The van der Waals surface area contributed by atoms with E-state index in [1.54, 1.807) is 0 Å². The van der Waals surface area contributed by atoms with Crippen LogP contribution in [0, 0.1) is 17.8 Å². The molecule has 3 aliphatic rings. The molecule has 1 aliphatic heterocycles. The van der Waals surface area contributed by atoms with E-state index in [1.165, 1.54) is 51.6 Å². The second kappa shape index (κ2) is 5.67. The van der Waals surface area contributed by atoms with Crippen molar-refractivity contribution >= 4 is 5.91 Å². The number of amides is 1. The van der Waals surface area contributed by atoms with E-state index in [0.29, 0.717) is 17.7 Å². The van der Waals surface area contributed by atoms with E-state index in [-0.39, 0.29) is 5.54 Å². The maximum Gasteiger partial charge on any atom is 0.223 e. The van der Waals surface area contributed by atoms with Crippen molar-refractivity contribution in [2.75, 3.05) is 19.6 Å². The number of hydrogen-bond acceptors (Lipinski definition) is 2. The van der Waals surface area contributed by atoms with Gasteiger partial charge in [0.15, 0.2) is 0 Å². The molecule has 3 rings (SSSR count). The van der Waals surface area contributed by atoms with E-state index in [1.807, 2.05) is 0 Å². The summed E-state index contributed by atoms with van der Waals surface area (Å²) in [4.78, 5) is 15.0. The van der Waals surface area contributed by atoms with Crippen molar-refractivity contribution in [1.82, 2.24) is 10.2 Å². The molecule has 0 radical (unpaired) electrons. The summed E-state index contributed by atoms with van der Waals surface area (Å²) in [6, 6.07) is 0. The monoisotopic (exact) mass is 278 g/mol. The molecule has 2 aliphatic carbocycles. The summed E-state index contributed by atoms with van der Waals surface area (Å²) in [5, 5.41) is 3.27. The molecular formula is C17H30N2O. The van der Waals surface area contributed by atoms with Crippen molar-refractivity contribution in [3.8, 4) is 0 Å². The van der Waals surface area contributed by atoms with Gasteiger partial charge in [-0.2, -0.15) is 0 Å². The van der Waals surface area contributed by atoms with E-state index >= 15 is 0 Å². The second-order valence-corrected chi connectivity index (χ2v) is 7.86. The smallest absolute Gasteiger partial charge is 0.223 e. The molecule has 1 heterocycles. The molecule has 3 heteroatoms. The Morgan fingerprint density at radius 1 is 1.15 bits per heavy atom. The van der Waals surface area contributed by atoms with Crippen LogP contribution < -0.4 is 5.32 Å². The van der Waals surface area contributed by atoms with Gasteiger partial charge in [0.05, 0.1) is 0 Å². The minimum Gasteiger partial charge on any atom is -0.354 e. The number of carbonyl (C=O) groups excluding carboxylic acids is 1. The first-order chi connectivity index (χ1) is 9.56. The first-order valence-electron chi connectivity index (χ1n) is 8.59. The van der Waals surface area contributed by atoms with Gasteiger partial charge in [0.25, 0.3) is 0 Å². The van der Waals surface area contributed by atoms with Crippen molar-refractivity contribution in [3.63, 3.8) is 0 Å². The van der Waals surface area contributed by atoms with Gasteiger partial charge in [-0.3, -0.25) is 9.69 Å². The van der Waals surface area contributed by atoms with Crippen LogP contribution in [0.25, 0.3) is 0 Å². The highest BCUT2D eigenvalue weighted by atomic mass is 16.1. The fourth-order valence-electron chi connectivity index (χ4n) is 4.61. The van der Waals surface area contributed by atoms with Crippen molar-refractivity contribution in [1.29, 1.82) is 0 Å². The lowest BCUT2D eigenvalue weighted by atomic mass is 9.88. The maximum absolute atomic E-state index is 12.4. The third-order valence-electron chi connectivity index (χ3n) is 5.98. The van der Waals surface area contributed by atoms with Gasteiger partial charge in [0, 0.05) is 18.0 Å². The summed E-state index contributed by atoms with van der Waals surface area (Å²) in [6.07, 6.45) is 9.11. The maximum atomic E-state index is 12.4. The van der Waals surface area contributed by atoms with Gasteiger partial charge in [-0.1, -0.05) is 12.8 Å². The lowest BCUT2D eigenvalue weighted by molar-refractivity contribution is -0.127. The van der Waals surface area contributed by atoms with Gasteiger partial charge in [-0.25, -0.2) is 0 Å². The molecule has 1 saturated heterocycles. The summed E-state index contributed by atoms with van der Waals surface area (Å²) < 4.78 is 0. The zero-order valence-corrected chi connectivity index (χ0v) is 13.2. The van der Waals surface area contributed by atoms with Gasteiger partial charge in [0.2, 0.25) is 5.91 Å². The normalized spacial score (nSPS) is 34.4. The first-order valence-corrected chi connectivity index (χ1v) is 8.59. The molecule has 3 fully saturated rings. The molecule has 2 bridgehead atoms. The van der Waals surface area contributed by atoms with Gasteiger partial charge >= 0.3 is 0 Å². The molecule has 114 valence electrons. The highest BCUT2D eigenvalue weighted by Gasteiger charge is 2.43. The van der Waals surface area contributed by atoms with Crippen molar-refractivity contribution in [3.05, 3.63) is 0 Å². The molecule has 0 aromatic rings. The van der Waals surface area contributed by atoms with Gasteiger partial charge < -0.3 is 5.32 Å². The van der Waals surface area contributed by atoms with Crippen LogP contribution in [0.5, 0.6) is 0 Å². The van der Waals surface area contributed by atoms with Crippen LogP contribution in [0.15, 0.2) is 0 Å². The van der Waals surface area contributed by atoms with Crippen LogP contribution in [0.3, 0.4) is 0 Å². The number of likely N-dealkylation sites (tertiary alicyclic amines) is 1. The summed E-state index contributed by atoms with van der Waals surface area (Å²) in [6.45, 7) is 7.74. The molecule has 0 aromatic heterocycles. The number of nitrogens with one attached hydrogen (secondary N) is 1. The standard InChI is InChI=1S/C17H30N2O/c1-17(2,19-8-4-3-5-9-19)12-18-16(20)15-11-13-6-7-14(15)10-13/h13-15H,3-12H2,1-2H3,(H,18,20). The minimum atomic E-state index is 0.105. The molecule has 0 spiro atoms. The highest BCUT2D eigenvalue weighted by molar-refractivity contribution is 5.79. The average Bonchev–Trinajstić information content (AvgIpc) is 3.08. The van der Waals surface area contributed by atoms with Crippen LogP contribution in [0.2, 0.25) is 0 Å². The molecule has 0 aromatic carbocycles. The third-order valence-corrected chi connectivity index (χ3v) is 5.98. The third kappa shape index (κ3) is 2.88. The van der Waals surface area contributed by atoms with Crippen molar-refractivity contribution in [2.45, 2.75) is 64.3 Å². The molecule has 2 saturated carbocycles. The number of nitrogens with zero attached hydrogens (tertiary/aromatic N) is 1. The Hall–Kier alpha value is -0.570. The fraction of sp³-hybridized carbons (Fsp3) is 0.941. The van der Waals surface area contributed by atoms with Crippen LogP contribution in [0.1, 0.15) is 58.8 Å². The highest BCUT2D eigenvalue weighted by Crippen LogP contribution is 2.48. The summed E-state index contributed by atoms with van der Waals surface area (Å²) in [5.74, 6) is 2.21. The molecule has 20 heavy (non-hydrogen) atoms. The Kier molecular flexibility index (Phi) is 4.07. The predicted octanol–water partition coefficient (Wildman–Crippen LogP) is 2.80. The van der Waals surface area contributed by atoms with E-state index < -0.39 is 0 Å². The Balaban J connectivity index is 1.49. The average molecular weight is 278 g/mol. The largest absolute Gasteiger partial charge is 0.354 e. The zero-order valence-electron chi connectivity index (χ0n) is 13.2. The molecular weight excluding hydrogens is 248 g/mol. The molecule has 3 atom stereocenters. The molecule has 3 nitrogen and oxygen atoms in total. The van der Waals surface area contributed by atoms with E-state index in [0.717, 1.165) is 18.9 Å². The lowest BCUT2D eigenvalue weighted by Crippen LogP contribution is -2.54. The quantitative estimate of drug-likeness (QED) is 0.857. The van der Waals surface area contributed by atoms with Gasteiger partial charge in [0.1, 0.15) is 0 Å². The summed E-state index contributed by atoms with van der Waals surface area (Å²) in [7, 11) is 0. The summed E-state index contributed by atoms with van der Waals surface area (Å²) in [5.41, 5.74) is 0.105. The minimum absolute atomic E-state index is 0.105. The van der Waals surface area contributed by atoms with Crippen LogP contribution in [0.4, 0.5) is 0 Å². The Morgan fingerprint density at radius 3 is 2.50 bits per heavy atom. The SMILES string of the molecule is CC(C)(CNC(=O)C1CC2CCC1C2)N1CCCCC1. The fourth-order valence-corrected chi connectivity index (χ4v) is 4.61. The van der Waals surface area contributed by atoms with Gasteiger partial charge in [-0.15, -0.1) is 0 Å². The number of fused-ring (bicyclic) bond motifs is 2. The first kappa shape index (κ1) is 14.4. The van der Waals surface area contributed by atoms with E-state index in [2.05, 4.69) is 24.1 Å². The molecule has 3 unspecified atom stereocenters. The van der Waals surface area contributed by atoms with Crippen LogP contribution in [-0.2, 0) is 4.79 Å². The number of carbonyl (C=O) groups is 1. The zero-order chi connectivity index (χ0) is 14.2. The van der Waals surface area contributed by atoms with Crippen LogP contribution >= 0.6 is 0 Å². The Labute approximate surface area is 123 Å². The molecule has 1 N–H and O–H groups in total. The van der Waals surface area contributed by atoms with Crippen LogP contribution in [-0.4, -0.2) is 36.0 Å². The van der Waals surface area contributed by atoms with E-state index in [9.17, 15) is 4.79 Å². The van der Waals surface area contributed by atoms with Crippen molar-refractivity contribution in [2.24, 2.45) is 17.8 Å². The van der Waals surface area contributed by atoms with Crippen molar-refractivity contribution < 1.29 is 4.79 Å². The number of piperidine rings is 1.